The number of aryl methyl sites for hydroxylation is 2. The molecule has 2 saturated heterocycles. The Morgan fingerprint density at radius 2 is 1.62 bits per heavy atom. The first-order valence-electron chi connectivity index (χ1n) is 13.0. The number of esters is 1. The fraction of sp³-hybridized carbons (Fsp3) is 0.429. The van der Waals surface area contributed by atoms with Gasteiger partial charge in [0.2, 0.25) is 17.7 Å². The van der Waals surface area contributed by atoms with Crippen LogP contribution in [-0.2, 0) is 19.2 Å². The summed E-state index contributed by atoms with van der Waals surface area (Å²) in [7, 11) is 0. The number of carbonyl (C=O) groups is 4. The van der Waals surface area contributed by atoms with Gasteiger partial charge in [0.25, 0.3) is 5.69 Å². The van der Waals surface area contributed by atoms with E-state index in [0.29, 0.717) is 22.5 Å². The molecule has 0 N–H and O–H groups in total. The Morgan fingerprint density at radius 3 is 2.23 bits per heavy atom. The number of carbonyl (C=O) groups excluding carboxylic acids is 4. The number of benzene rings is 2. The molecule has 2 aromatic rings. The molecule has 4 aliphatic rings. The maximum atomic E-state index is 13.4. The van der Waals surface area contributed by atoms with E-state index in [9.17, 15) is 29.3 Å². The van der Waals surface area contributed by atoms with Crippen molar-refractivity contribution in [1.29, 1.82) is 0 Å². The van der Waals surface area contributed by atoms with Crippen LogP contribution in [0.4, 0.5) is 17.1 Å². The van der Waals surface area contributed by atoms with Gasteiger partial charge in [-0.15, -0.1) is 0 Å². The fourth-order valence-corrected chi connectivity index (χ4v) is 8.68. The highest BCUT2D eigenvalue weighted by atomic mass is 79.9. The van der Waals surface area contributed by atoms with Crippen LogP contribution in [0.5, 0.6) is 5.75 Å². The van der Waals surface area contributed by atoms with Crippen LogP contribution in [0.25, 0.3) is 0 Å². The van der Waals surface area contributed by atoms with Gasteiger partial charge in [0.1, 0.15) is 5.75 Å². The van der Waals surface area contributed by atoms with E-state index in [-0.39, 0.29) is 75.4 Å². The van der Waals surface area contributed by atoms with Crippen LogP contribution in [0.3, 0.4) is 0 Å². The minimum absolute atomic E-state index is 0.0416. The van der Waals surface area contributed by atoms with E-state index in [1.807, 2.05) is 0 Å². The van der Waals surface area contributed by atoms with Gasteiger partial charge in [-0.25, -0.2) is 4.90 Å². The second-order valence-electron chi connectivity index (χ2n) is 11.0. The Balaban J connectivity index is 1.16. The Kier molecular flexibility index (Phi) is 6.60. The summed E-state index contributed by atoms with van der Waals surface area (Å²) < 4.78 is 5.58. The summed E-state index contributed by atoms with van der Waals surface area (Å²) in [6.45, 7) is 3.41. The van der Waals surface area contributed by atoms with Crippen molar-refractivity contribution in [2.24, 2.45) is 29.6 Å². The van der Waals surface area contributed by atoms with Crippen molar-refractivity contribution in [2.75, 3.05) is 16.3 Å². The second-order valence-corrected chi connectivity index (χ2v) is 13.1. The number of fused-ring (bicyclic) bond motifs is 5. The third kappa shape index (κ3) is 4.09. The number of alkyl halides is 2. The smallest absolute Gasteiger partial charge is 0.316 e. The van der Waals surface area contributed by atoms with E-state index in [1.165, 1.54) is 15.9 Å². The highest BCUT2D eigenvalue weighted by Crippen LogP contribution is 2.60. The number of hydrogen-bond donors (Lipinski definition) is 0. The first-order chi connectivity index (χ1) is 19.0. The van der Waals surface area contributed by atoms with E-state index in [4.69, 9.17) is 4.74 Å². The molecule has 7 atom stereocenters. The number of amides is 3. The number of ether oxygens (including phenoxy) is 1. The van der Waals surface area contributed by atoms with Crippen LogP contribution in [0.1, 0.15) is 24.0 Å². The maximum absolute atomic E-state index is 13.4. The number of imide groups is 1. The lowest BCUT2D eigenvalue weighted by Gasteiger charge is -2.28. The minimum Gasteiger partial charge on any atom is -0.426 e. The molecule has 2 saturated carbocycles. The SMILES string of the molecule is Cc1cc(OC(=O)[C@@H]2CC(=O)N(c3ccc(C)c([N+](=O)[O-])c3)C2)ccc1N1C(=O)[C@@H]2[C@H]3C[C@@H]([C@H](Br)[C@H]3Br)[C@H]2C1=O. The summed E-state index contributed by atoms with van der Waals surface area (Å²) in [5.41, 5.74) is 1.82. The molecule has 2 aliphatic heterocycles. The Hall–Kier alpha value is -3.12. The van der Waals surface area contributed by atoms with Crippen molar-refractivity contribution in [2.45, 2.75) is 36.3 Å². The van der Waals surface area contributed by atoms with Gasteiger partial charge in [-0.1, -0.05) is 37.9 Å². The molecule has 0 unspecified atom stereocenters. The molecule has 3 amide bonds. The number of nitro groups is 1. The van der Waals surface area contributed by atoms with E-state index < -0.39 is 16.8 Å². The third-order valence-corrected chi connectivity index (χ3v) is 12.0. The van der Waals surface area contributed by atoms with Gasteiger partial charge in [0.15, 0.2) is 0 Å². The van der Waals surface area contributed by atoms with Gasteiger partial charge in [-0.3, -0.25) is 29.3 Å². The standard InChI is InChI=1S/C28H25Br2N3O7/c1-12-3-4-15(9-20(12)33(38)39)31-11-14(8-21(31)34)28(37)40-16-5-6-19(13(2)7-16)32-26(35)22-17-10-18(23(22)27(32)36)25(30)24(17)29/h3-7,9,14,17-18,22-25H,8,10-11H2,1-2H3/t14-,17-,18-,22-,23-,24+,25+/m1/s1. The van der Waals surface area contributed by atoms with E-state index in [0.717, 1.165) is 6.42 Å². The molecule has 12 heteroatoms. The van der Waals surface area contributed by atoms with Gasteiger partial charge in [0, 0.05) is 34.2 Å². The highest BCUT2D eigenvalue weighted by molar-refractivity contribution is 9.12. The Bertz CT molecular complexity index is 1460. The summed E-state index contributed by atoms with van der Waals surface area (Å²) in [6.07, 6.45) is 0.769. The molecular formula is C28H25Br2N3O7. The summed E-state index contributed by atoms with van der Waals surface area (Å²) in [4.78, 5) is 66.2. The van der Waals surface area contributed by atoms with Gasteiger partial charge in [-0.2, -0.15) is 0 Å². The molecule has 2 bridgehead atoms. The zero-order valence-electron chi connectivity index (χ0n) is 21.6. The van der Waals surface area contributed by atoms with Gasteiger partial charge >= 0.3 is 5.97 Å². The van der Waals surface area contributed by atoms with Crippen molar-refractivity contribution in [3.63, 3.8) is 0 Å². The number of anilines is 2. The average molecular weight is 675 g/mol. The van der Waals surface area contributed by atoms with Crippen LogP contribution in [-0.4, -0.2) is 44.8 Å². The van der Waals surface area contributed by atoms with Crippen LogP contribution >= 0.6 is 31.9 Å². The lowest BCUT2D eigenvalue weighted by Crippen LogP contribution is -2.37. The van der Waals surface area contributed by atoms with Gasteiger partial charge in [0.05, 0.1) is 34.1 Å². The first kappa shape index (κ1) is 27.1. The highest BCUT2D eigenvalue weighted by Gasteiger charge is 2.66. The predicted molar refractivity (Wildman–Crippen MR) is 152 cm³/mol. The number of hydrogen-bond acceptors (Lipinski definition) is 7. The molecule has 2 aromatic carbocycles. The molecule has 0 aromatic heterocycles. The first-order valence-corrected chi connectivity index (χ1v) is 14.8. The number of nitrogens with zero attached hydrogens (tertiary/aromatic N) is 3. The monoisotopic (exact) mass is 673 g/mol. The van der Waals surface area contributed by atoms with E-state index >= 15 is 0 Å². The molecular weight excluding hydrogens is 650 g/mol. The van der Waals surface area contributed by atoms with Crippen LogP contribution in [0, 0.1) is 53.6 Å². The van der Waals surface area contributed by atoms with Crippen LogP contribution < -0.4 is 14.5 Å². The van der Waals surface area contributed by atoms with Gasteiger partial charge < -0.3 is 9.64 Å². The molecule has 10 nitrogen and oxygen atoms in total. The largest absolute Gasteiger partial charge is 0.426 e. The zero-order valence-corrected chi connectivity index (χ0v) is 24.8. The van der Waals surface area contributed by atoms with Crippen molar-refractivity contribution in [3.05, 3.63) is 57.6 Å². The maximum Gasteiger partial charge on any atom is 0.316 e. The van der Waals surface area contributed by atoms with Crippen molar-refractivity contribution < 1.29 is 28.8 Å². The summed E-state index contributed by atoms with van der Waals surface area (Å²) in [5.74, 6) is -2.23. The van der Waals surface area contributed by atoms with Crippen LogP contribution in [0.2, 0.25) is 0 Å². The quantitative estimate of drug-likeness (QED) is 0.115. The molecule has 0 spiro atoms. The number of nitro benzene ring substituents is 1. The second kappa shape index (κ2) is 9.76. The average Bonchev–Trinajstić information content (AvgIpc) is 3.63. The lowest BCUT2D eigenvalue weighted by atomic mass is 9.81. The number of rotatable bonds is 5. The Labute approximate surface area is 246 Å². The van der Waals surface area contributed by atoms with Crippen molar-refractivity contribution >= 4 is 72.6 Å². The Morgan fingerprint density at radius 1 is 0.975 bits per heavy atom. The van der Waals surface area contributed by atoms with Crippen LogP contribution in [0.15, 0.2) is 36.4 Å². The topological polar surface area (TPSA) is 127 Å². The minimum atomic E-state index is -0.751. The summed E-state index contributed by atoms with van der Waals surface area (Å²) in [5, 5.41) is 11.3. The van der Waals surface area contributed by atoms with E-state index in [1.54, 1.807) is 44.2 Å². The molecule has 40 heavy (non-hydrogen) atoms. The zero-order chi connectivity index (χ0) is 28.6. The van der Waals surface area contributed by atoms with Gasteiger partial charge in [-0.05, 0) is 61.9 Å². The summed E-state index contributed by atoms with van der Waals surface area (Å²) >= 11 is 7.40. The normalized spacial score (nSPS) is 30.8. The molecule has 2 heterocycles. The van der Waals surface area contributed by atoms with Crippen molar-refractivity contribution in [1.82, 2.24) is 0 Å². The third-order valence-electron chi connectivity index (χ3n) is 8.77. The predicted octanol–water partition coefficient (Wildman–Crippen LogP) is 4.45. The molecule has 4 fully saturated rings. The fourth-order valence-electron chi connectivity index (χ4n) is 6.81. The number of halogens is 2. The lowest BCUT2D eigenvalue weighted by molar-refractivity contribution is -0.385. The molecule has 6 rings (SSSR count). The molecule has 0 radical (unpaired) electrons. The van der Waals surface area contributed by atoms with E-state index in [2.05, 4.69) is 31.9 Å². The molecule has 2 aliphatic carbocycles. The molecule has 208 valence electrons. The van der Waals surface area contributed by atoms with Crippen molar-refractivity contribution in [3.8, 4) is 5.75 Å². The summed E-state index contributed by atoms with van der Waals surface area (Å²) in [6, 6.07) is 9.29.